The van der Waals surface area contributed by atoms with Gasteiger partial charge in [-0.25, -0.2) is 0 Å². The van der Waals surface area contributed by atoms with Crippen molar-refractivity contribution in [1.29, 1.82) is 0 Å². The van der Waals surface area contributed by atoms with Gasteiger partial charge in [-0.3, -0.25) is 9.59 Å². The molecule has 0 aromatic carbocycles. The molecule has 0 unspecified atom stereocenters. The molecule has 3 nitrogen and oxygen atoms in total. The number of esters is 1. The summed E-state index contributed by atoms with van der Waals surface area (Å²) in [6.45, 7) is 5.41. The van der Waals surface area contributed by atoms with Crippen LogP contribution in [-0.4, -0.2) is 11.8 Å². The lowest BCUT2D eigenvalue weighted by Gasteiger charge is -2.31. The van der Waals surface area contributed by atoms with Gasteiger partial charge in [-0.1, -0.05) is 13.0 Å². The van der Waals surface area contributed by atoms with E-state index in [1.165, 1.54) is 6.92 Å². The highest BCUT2D eigenvalue weighted by Crippen LogP contribution is 2.52. The molecular formula is C14H18O3. The third kappa shape index (κ3) is 2.19. The second-order valence-electron chi connectivity index (χ2n) is 5.24. The average molecular weight is 234 g/mol. The summed E-state index contributed by atoms with van der Waals surface area (Å²) < 4.78 is 5.17. The Morgan fingerprint density at radius 1 is 1.47 bits per heavy atom. The van der Waals surface area contributed by atoms with Crippen LogP contribution in [0.4, 0.5) is 0 Å². The van der Waals surface area contributed by atoms with E-state index < -0.39 is 0 Å². The highest BCUT2D eigenvalue weighted by atomic mass is 16.5. The van der Waals surface area contributed by atoms with E-state index in [0.717, 1.165) is 18.4 Å². The quantitative estimate of drug-likeness (QED) is 0.517. The van der Waals surface area contributed by atoms with Gasteiger partial charge in [0.05, 0.1) is 0 Å². The lowest BCUT2D eigenvalue weighted by atomic mass is 9.72. The fourth-order valence-corrected chi connectivity index (χ4v) is 2.96. The van der Waals surface area contributed by atoms with E-state index in [-0.39, 0.29) is 23.1 Å². The summed E-state index contributed by atoms with van der Waals surface area (Å²) in [7, 11) is 0. The summed E-state index contributed by atoms with van der Waals surface area (Å²) in [5.41, 5.74) is 1.20. The maximum atomic E-state index is 11.5. The standard InChI is InChI=1S/C14H18O3/c1-9(17-10(2)15)12-5-7-14(3)6-4-11(16)8-13(12)14/h4,6,13H,5,7-8H2,1-3H3/b12-9+/t13-,14+/m0/s1. The van der Waals surface area contributed by atoms with Crippen molar-refractivity contribution in [3.63, 3.8) is 0 Å². The molecule has 0 amide bonds. The predicted octanol–water partition coefficient (Wildman–Crippen LogP) is 2.77. The van der Waals surface area contributed by atoms with Gasteiger partial charge in [0.1, 0.15) is 5.76 Å². The topological polar surface area (TPSA) is 43.4 Å². The third-order valence-corrected chi connectivity index (χ3v) is 3.95. The predicted molar refractivity (Wildman–Crippen MR) is 64.1 cm³/mol. The van der Waals surface area contributed by atoms with Gasteiger partial charge in [0.2, 0.25) is 0 Å². The minimum absolute atomic E-state index is 0.0602. The summed E-state index contributed by atoms with van der Waals surface area (Å²) in [6, 6.07) is 0. The van der Waals surface area contributed by atoms with E-state index in [4.69, 9.17) is 4.74 Å². The van der Waals surface area contributed by atoms with E-state index in [9.17, 15) is 9.59 Å². The molecule has 0 N–H and O–H groups in total. The molecule has 0 heterocycles. The zero-order valence-corrected chi connectivity index (χ0v) is 10.6. The van der Waals surface area contributed by atoms with Gasteiger partial charge in [0.25, 0.3) is 0 Å². The summed E-state index contributed by atoms with van der Waals surface area (Å²) in [5, 5.41) is 0. The van der Waals surface area contributed by atoms with Gasteiger partial charge in [0, 0.05) is 13.3 Å². The summed E-state index contributed by atoms with van der Waals surface area (Å²) in [6.07, 6.45) is 6.20. The van der Waals surface area contributed by atoms with Crippen molar-refractivity contribution in [3.8, 4) is 0 Å². The van der Waals surface area contributed by atoms with E-state index in [1.807, 2.05) is 13.0 Å². The molecule has 0 saturated heterocycles. The Bertz CT molecular complexity index is 431. The number of carbonyl (C=O) groups excluding carboxylic acids is 2. The van der Waals surface area contributed by atoms with Crippen LogP contribution in [0.25, 0.3) is 0 Å². The van der Waals surface area contributed by atoms with E-state index in [1.54, 1.807) is 6.08 Å². The van der Waals surface area contributed by atoms with Crippen LogP contribution < -0.4 is 0 Å². The zero-order valence-electron chi connectivity index (χ0n) is 10.6. The molecule has 2 atom stereocenters. The Kier molecular flexibility index (Phi) is 2.94. The Morgan fingerprint density at radius 2 is 2.18 bits per heavy atom. The first-order chi connectivity index (χ1) is 7.92. The fraction of sp³-hybridized carbons (Fsp3) is 0.571. The number of rotatable bonds is 1. The molecule has 0 aromatic heterocycles. The maximum absolute atomic E-state index is 11.5. The van der Waals surface area contributed by atoms with Crippen molar-refractivity contribution >= 4 is 11.8 Å². The van der Waals surface area contributed by atoms with Crippen LogP contribution >= 0.6 is 0 Å². The van der Waals surface area contributed by atoms with Crippen LogP contribution in [0.5, 0.6) is 0 Å². The van der Waals surface area contributed by atoms with Crippen LogP contribution in [0, 0.1) is 11.3 Å². The van der Waals surface area contributed by atoms with Gasteiger partial charge < -0.3 is 4.74 Å². The number of fused-ring (bicyclic) bond motifs is 1. The van der Waals surface area contributed by atoms with Crippen molar-refractivity contribution in [2.24, 2.45) is 11.3 Å². The molecule has 0 spiro atoms. The molecule has 0 aliphatic heterocycles. The zero-order chi connectivity index (χ0) is 12.6. The summed E-state index contributed by atoms with van der Waals surface area (Å²) in [4.78, 5) is 22.5. The number of carbonyl (C=O) groups is 2. The van der Waals surface area contributed by atoms with E-state index in [0.29, 0.717) is 12.2 Å². The molecule has 17 heavy (non-hydrogen) atoms. The highest BCUT2D eigenvalue weighted by Gasteiger charge is 2.44. The SMILES string of the molecule is CC(=O)O/C(C)=C1\CC[C@@]2(C)C=CC(=O)C[C@@H]12. The molecule has 2 rings (SSSR count). The fourth-order valence-electron chi connectivity index (χ4n) is 2.96. The number of ether oxygens (including phenoxy) is 1. The van der Waals surface area contributed by atoms with Crippen LogP contribution in [0.3, 0.4) is 0 Å². The van der Waals surface area contributed by atoms with Gasteiger partial charge in [-0.05, 0) is 42.7 Å². The number of allylic oxidation sites excluding steroid dienone is 4. The molecule has 2 aliphatic rings. The van der Waals surface area contributed by atoms with Gasteiger partial charge in [-0.2, -0.15) is 0 Å². The monoisotopic (exact) mass is 234 g/mol. The Morgan fingerprint density at radius 3 is 2.82 bits per heavy atom. The minimum atomic E-state index is -0.290. The smallest absolute Gasteiger partial charge is 0.307 e. The normalized spacial score (nSPS) is 34.5. The highest BCUT2D eigenvalue weighted by molar-refractivity contribution is 5.91. The minimum Gasteiger partial charge on any atom is -0.432 e. The third-order valence-electron chi connectivity index (χ3n) is 3.95. The second-order valence-corrected chi connectivity index (χ2v) is 5.24. The largest absolute Gasteiger partial charge is 0.432 e. The molecule has 3 heteroatoms. The second kappa shape index (κ2) is 4.13. The molecule has 92 valence electrons. The number of hydrogen-bond donors (Lipinski definition) is 0. The van der Waals surface area contributed by atoms with Crippen molar-refractivity contribution < 1.29 is 14.3 Å². The average Bonchev–Trinajstić information content (AvgIpc) is 2.55. The molecule has 2 aliphatic carbocycles. The first-order valence-electron chi connectivity index (χ1n) is 6.02. The number of ketones is 1. The van der Waals surface area contributed by atoms with Gasteiger partial charge >= 0.3 is 5.97 Å². The van der Waals surface area contributed by atoms with Crippen molar-refractivity contribution in [3.05, 3.63) is 23.5 Å². The van der Waals surface area contributed by atoms with Crippen LogP contribution in [0.2, 0.25) is 0 Å². The lowest BCUT2D eigenvalue weighted by Crippen LogP contribution is -2.27. The van der Waals surface area contributed by atoms with Crippen LogP contribution in [0.15, 0.2) is 23.5 Å². The summed E-state index contributed by atoms with van der Waals surface area (Å²) in [5.74, 6) is 0.775. The Hall–Kier alpha value is -1.38. The van der Waals surface area contributed by atoms with Crippen molar-refractivity contribution in [2.45, 2.75) is 40.0 Å². The van der Waals surface area contributed by atoms with E-state index in [2.05, 4.69) is 6.92 Å². The maximum Gasteiger partial charge on any atom is 0.307 e. The van der Waals surface area contributed by atoms with E-state index >= 15 is 0 Å². The first-order valence-corrected chi connectivity index (χ1v) is 6.02. The molecule has 1 fully saturated rings. The van der Waals surface area contributed by atoms with Crippen molar-refractivity contribution in [2.75, 3.05) is 0 Å². The Labute approximate surface area is 102 Å². The number of hydrogen-bond acceptors (Lipinski definition) is 3. The molecule has 0 radical (unpaired) electrons. The van der Waals surface area contributed by atoms with Gasteiger partial charge in [0.15, 0.2) is 5.78 Å². The van der Waals surface area contributed by atoms with Crippen LogP contribution in [-0.2, 0) is 14.3 Å². The molecular weight excluding hydrogens is 216 g/mol. The molecule has 1 saturated carbocycles. The van der Waals surface area contributed by atoms with Crippen LogP contribution in [0.1, 0.15) is 40.0 Å². The lowest BCUT2D eigenvalue weighted by molar-refractivity contribution is -0.136. The first kappa shape index (κ1) is 12.1. The molecule has 0 bridgehead atoms. The van der Waals surface area contributed by atoms with Gasteiger partial charge in [-0.15, -0.1) is 0 Å². The summed E-state index contributed by atoms with van der Waals surface area (Å²) >= 11 is 0. The molecule has 0 aromatic rings. The Balaban J connectivity index is 2.32. The van der Waals surface area contributed by atoms with Crippen molar-refractivity contribution in [1.82, 2.24) is 0 Å².